The summed E-state index contributed by atoms with van der Waals surface area (Å²) in [6, 6.07) is 0.302. The third kappa shape index (κ3) is 3.87. The van der Waals surface area contributed by atoms with Gasteiger partial charge in [0.05, 0.1) is 20.2 Å². The minimum Gasteiger partial charge on any atom is -0.468 e. The highest BCUT2D eigenvalue weighted by Crippen LogP contribution is 2.23. The van der Waals surface area contributed by atoms with Crippen LogP contribution >= 0.6 is 0 Å². The summed E-state index contributed by atoms with van der Waals surface area (Å²) in [4.78, 5) is 23.8. The molecule has 0 saturated heterocycles. The molecular weight excluding hydrogens is 196 g/mol. The van der Waals surface area contributed by atoms with Crippen molar-refractivity contribution < 1.29 is 14.3 Å². The molecule has 0 radical (unpaired) electrons. The lowest BCUT2D eigenvalue weighted by molar-refractivity contribution is -0.142. The molecule has 5 nitrogen and oxygen atoms in total. The smallest absolute Gasteiger partial charge is 0.319 e. The molecule has 1 saturated carbocycles. The molecule has 15 heavy (non-hydrogen) atoms. The summed E-state index contributed by atoms with van der Waals surface area (Å²) >= 11 is 0. The molecule has 0 aromatic carbocycles. The summed E-state index contributed by atoms with van der Waals surface area (Å²) in [6.45, 7) is 0.296. The number of rotatable bonds is 5. The Kier molecular flexibility index (Phi) is 4.55. The number of carbonyl (C=O) groups is 2. The van der Waals surface area contributed by atoms with Crippen molar-refractivity contribution >= 4 is 11.9 Å². The zero-order chi connectivity index (χ0) is 11.3. The van der Waals surface area contributed by atoms with Crippen molar-refractivity contribution in [2.45, 2.75) is 31.7 Å². The summed E-state index contributed by atoms with van der Waals surface area (Å²) in [7, 11) is 1.35. The molecule has 1 aliphatic carbocycles. The predicted octanol–water partition coefficient (Wildman–Crippen LogP) is -0.111. The van der Waals surface area contributed by atoms with Gasteiger partial charge in [0.25, 0.3) is 0 Å². The van der Waals surface area contributed by atoms with Crippen LogP contribution < -0.4 is 5.73 Å². The summed E-state index contributed by atoms with van der Waals surface area (Å²) in [6.07, 6.45) is 4.37. The first-order chi connectivity index (χ1) is 7.13. The van der Waals surface area contributed by atoms with Crippen LogP contribution in [-0.4, -0.2) is 43.0 Å². The van der Waals surface area contributed by atoms with Crippen molar-refractivity contribution in [2.24, 2.45) is 5.73 Å². The van der Waals surface area contributed by atoms with Crippen molar-refractivity contribution in [2.75, 3.05) is 20.2 Å². The van der Waals surface area contributed by atoms with Gasteiger partial charge in [0.1, 0.15) is 0 Å². The number of methoxy groups -OCH3 is 1. The van der Waals surface area contributed by atoms with Crippen LogP contribution in [0.5, 0.6) is 0 Å². The fourth-order valence-electron chi connectivity index (χ4n) is 2.01. The van der Waals surface area contributed by atoms with Gasteiger partial charge in [0, 0.05) is 6.04 Å². The number of nitrogens with zero attached hydrogens (tertiary/aromatic N) is 1. The van der Waals surface area contributed by atoms with Crippen LogP contribution in [0.25, 0.3) is 0 Å². The molecule has 0 unspecified atom stereocenters. The fraction of sp³-hybridized carbons (Fsp3) is 0.800. The first-order valence-corrected chi connectivity index (χ1v) is 5.22. The van der Waals surface area contributed by atoms with Crippen molar-refractivity contribution in [3.8, 4) is 0 Å². The van der Waals surface area contributed by atoms with Crippen LogP contribution in [0.2, 0.25) is 0 Å². The van der Waals surface area contributed by atoms with Gasteiger partial charge in [-0.1, -0.05) is 12.8 Å². The minimum atomic E-state index is -0.397. The molecule has 1 amide bonds. The third-order valence-corrected chi connectivity index (χ3v) is 2.76. The first-order valence-electron chi connectivity index (χ1n) is 5.22. The van der Waals surface area contributed by atoms with Crippen LogP contribution in [-0.2, 0) is 14.3 Å². The quantitative estimate of drug-likeness (QED) is 0.648. The zero-order valence-electron chi connectivity index (χ0n) is 9.07. The largest absolute Gasteiger partial charge is 0.468 e. The lowest BCUT2D eigenvalue weighted by atomic mass is 10.2. The molecule has 86 valence electrons. The van der Waals surface area contributed by atoms with Gasteiger partial charge in [-0.3, -0.25) is 14.5 Å². The second kappa shape index (κ2) is 5.70. The van der Waals surface area contributed by atoms with Gasteiger partial charge in [0.2, 0.25) is 5.91 Å². The second-order valence-corrected chi connectivity index (χ2v) is 3.89. The minimum absolute atomic E-state index is 0.139. The van der Waals surface area contributed by atoms with E-state index in [0.717, 1.165) is 25.7 Å². The number of esters is 1. The van der Waals surface area contributed by atoms with E-state index in [-0.39, 0.29) is 19.1 Å². The number of amides is 1. The molecule has 2 N–H and O–H groups in total. The van der Waals surface area contributed by atoms with E-state index in [1.165, 1.54) is 7.11 Å². The average Bonchev–Trinajstić information content (AvgIpc) is 2.68. The van der Waals surface area contributed by atoms with Gasteiger partial charge in [0.15, 0.2) is 0 Å². The maximum absolute atomic E-state index is 11.1. The van der Waals surface area contributed by atoms with Gasteiger partial charge in [-0.2, -0.15) is 0 Å². The van der Waals surface area contributed by atoms with E-state index in [1.807, 2.05) is 4.90 Å². The molecule has 1 fully saturated rings. The lowest BCUT2D eigenvalue weighted by Gasteiger charge is -2.25. The molecule has 1 aliphatic rings. The summed E-state index contributed by atoms with van der Waals surface area (Å²) < 4.78 is 4.59. The standard InChI is InChI=1S/C10H18N2O3/c1-15-10(14)7-12(6-9(11)13)8-4-2-3-5-8/h8H,2-7H2,1H3,(H2,11,13). The molecule has 0 bridgehead atoms. The lowest BCUT2D eigenvalue weighted by Crippen LogP contribution is -2.43. The summed E-state index contributed by atoms with van der Waals surface area (Å²) in [5.41, 5.74) is 5.15. The van der Waals surface area contributed by atoms with Gasteiger partial charge >= 0.3 is 5.97 Å². The Bertz CT molecular complexity index is 237. The number of nitrogens with two attached hydrogens (primary N) is 1. The van der Waals surface area contributed by atoms with E-state index >= 15 is 0 Å². The molecule has 0 heterocycles. The maximum Gasteiger partial charge on any atom is 0.319 e. The molecule has 5 heteroatoms. The van der Waals surface area contributed by atoms with Crippen LogP contribution in [0.3, 0.4) is 0 Å². The average molecular weight is 214 g/mol. The molecule has 0 aliphatic heterocycles. The Morgan fingerprint density at radius 1 is 1.33 bits per heavy atom. The third-order valence-electron chi connectivity index (χ3n) is 2.76. The van der Waals surface area contributed by atoms with E-state index in [0.29, 0.717) is 6.04 Å². The van der Waals surface area contributed by atoms with Crippen LogP contribution in [0.4, 0.5) is 0 Å². The topological polar surface area (TPSA) is 72.6 Å². The van der Waals surface area contributed by atoms with E-state index in [1.54, 1.807) is 0 Å². The Hall–Kier alpha value is -1.10. The van der Waals surface area contributed by atoms with Crippen molar-refractivity contribution in [3.63, 3.8) is 0 Å². The van der Waals surface area contributed by atoms with E-state index in [9.17, 15) is 9.59 Å². The highest BCUT2D eigenvalue weighted by molar-refractivity contribution is 5.77. The molecule has 0 aromatic rings. The summed E-state index contributed by atoms with van der Waals surface area (Å²) in [5.74, 6) is -0.714. The van der Waals surface area contributed by atoms with Gasteiger partial charge in [-0.15, -0.1) is 0 Å². The number of hydrogen-bond acceptors (Lipinski definition) is 4. The monoisotopic (exact) mass is 214 g/mol. The molecule has 0 aromatic heterocycles. The number of ether oxygens (including phenoxy) is 1. The Balaban J connectivity index is 2.51. The highest BCUT2D eigenvalue weighted by Gasteiger charge is 2.25. The van der Waals surface area contributed by atoms with Crippen molar-refractivity contribution in [1.82, 2.24) is 4.90 Å². The normalized spacial score (nSPS) is 16.9. The summed E-state index contributed by atoms with van der Waals surface area (Å²) in [5, 5.41) is 0. The van der Waals surface area contributed by atoms with Crippen LogP contribution in [0.15, 0.2) is 0 Å². The molecular formula is C10H18N2O3. The SMILES string of the molecule is COC(=O)CN(CC(N)=O)C1CCCC1. The maximum atomic E-state index is 11.1. The second-order valence-electron chi connectivity index (χ2n) is 3.89. The molecule has 1 rings (SSSR count). The number of hydrogen-bond donors (Lipinski definition) is 1. The first kappa shape index (κ1) is 12.0. The molecule has 0 spiro atoms. The van der Waals surface area contributed by atoms with Gasteiger partial charge < -0.3 is 10.5 Å². The van der Waals surface area contributed by atoms with E-state index < -0.39 is 5.91 Å². The molecule has 0 atom stereocenters. The van der Waals surface area contributed by atoms with Gasteiger partial charge in [-0.05, 0) is 12.8 Å². The fourth-order valence-corrected chi connectivity index (χ4v) is 2.01. The number of primary amides is 1. The Morgan fingerprint density at radius 3 is 2.40 bits per heavy atom. The van der Waals surface area contributed by atoms with Gasteiger partial charge in [-0.25, -0.2) is 0 Å². The zero-order valence-corrected chi connectivity index (χ0v) is 9.07. The van der Waals surface area contributed by atoms with Crippen molar-refractivity contribution in [1.29, 1.82) is 0 Å². The van der Waals surface area contributed by atoms with Crippen LogP contribution in [0.1, 0.15) is 25.7 Å². The van der Waals surface area contributed by atoms with Crippen molar-refractivity contribution in [3.05, 3.63) is 0 Å². The predicted molar refractivity (Wildman–Crippen MR) is 55.0 cm³/mol. The highest BCUT2D eigenvalue weighted by atomic mass is 16.5. The van der Waals surface area contributed by atoms with Crippen LogP contribution in [0, 0.1) is 0 Å². The van der Waals surface area contributed by atoms with E-state index in [2.05, 4.69) is 4.74 Å². The Morgan fingerprint density at radius 2 is 1.93 bits per heavy atom. The van der Waals surface area contributed by atoms with E-state index in [4.69, 9.17) is 5.73 Å². The Labute approximate surface area is 89.6 Å². The number of carbonyl (C=O) groups excluding carboxylic acids is 2.